The predicted molar refractivity (Wildman–Crippen MR) is 114 cm³/mol. The zero-order valence-electron chi connectivity index (χ0n) is 16.6. The number of nitrogens with zero attached hydrogens (tertiary/aromatic N) is 1. The number of pyridine rings is 1. The smallest absolute Gasteiger partial charge is 0.270 e. The van der Waals surface area contributed by atoms with E-state index in [-0.39, 0.29) is 5.91 Å². The van der Waals surface area contributed by atoms with E-state index in [2.05, 4.69) is 46.8 Å². The number of rotatable bonds is 9. The Labute approximate surface area is 170 Å². The van der Waals surface area contributed by atoms with Crippen molar-refractivity contribution >= 4 is 11.6 Å². The highest BCUT2D eigenvalue weighted by Crippen LogP contribution is 2.16. The van der Waals surface area contributed by atoms with E-state index >= 15 is 0 Å². The van der Waals surface area contributed by atoms with E-state index in [0.717, 1.165) is 17.2 Å². The monoisotopic (exact) mass is 391 g/mol. The highest BCUT2D eigenvalue weighted by Gasteiger charge is 2.07. The number of ether oxygens (including phenoxy) is 2. The summed E-state index contributed by atoms with van der Waals surface area (Å²) in [6, 6.07) is 19.2. The van der Waals surface area contributed by atoms with Crippen molar-refractivity contribution in [2.45, 2.75) is 13.5 Å². The summed E-state index contributed by atoms with van der Waals surface area (Å²) < 4.78 is 10.7. The van der Waals surface area contributed by atoms with Gasteiger partial charge >= 0.3 is 0 Å². The number of carbonyl (C=O) groups excluding carboxylic acids is 1. The Hall–Kier alpha value is -3.54. The zero-order chi connectivity index (χ0) is 20.5. The van der Waals surface area contributed by atoms with Gasteiger partial charge in [0.1, 0.15) is 23.8 Å². The van der Waals surface area contributed by atoms with Crippen LogP contribution < -0.4 is 20.1 Å². The Bertz CT molecular complexity index is 925. The number of nitrogens with one attached hydrogen (secondary N) is 2. The molecular weight excluding hydrogens is 366 g/mol. The lowest BCUT2D eigenvalue weighted by molar-refractivity contribution is 0.0942. The van der Waals surface area contributed by atoms with Crippen LogP contribution >= 0.6 is 0 Å². The van der Waals surface area contributed by atoms with Gasteiger partial charge in [0.05, 0.1) is 13.7 Å². The first kappa shape index (κ1) is 20.2. The lowest BCUT2D eigenvalue weighted by Gasteiger charge is -2.10. The van der Waals surface area contributed by atoms with Gasteiger partial charge in [0.2, 0.25) is 0 Å². The normalized spacial score (nSPS) is 10.3. The molecule has 1 amide bonds. The van der Waals surface area contributed by atoms with Gasteiger partial charge in [0.25, 0.3) is 5.91 Å². The van der Waals surface area contributed by atoms with E-state index in [1.54, 1.807) is 19.4 Å². The predicted octanol–water partition coefficient (Wildman–Crippen LogP) is 3.82. The fourth-order valence-electron chi connectivity index (χ4n) is 2.67. The average molecular weight is 391 g/mol. The molecule has 1 aromatic heterocycles. The van der Waals surface area contributed by atoms with E-state index < -0.39 is 0 Å². The fraction of sp³-hybridized carbons (Fsp3) is 0.217. The number of hydrogen-bond donors (Lipinski definition) is 2. The molecule has 0 saturated heterocycles. The topological polar surface area (TPSA) is 72.5 Å². The zero-order valence-corrected chi connectivity index (χ0v) is 16.6. The highest BCUT2D eigenvalue weighted by atomic mass is 16.5. The number of aryl methyl sites for hydroxylation is 1. The number of hydrogen-bond acceptors (Lipinski definition) is 5. The summed E-state index contributed by atoms with van der Waals surface area (Å²) in [5.74, 6) is 1.26. The molecular formula is C23H25N3O3. The van der Waals surface area contributed by atoms with Gasteiger partial charge in [0.15, 0.2) is 0 Å². The third-order valence-electron chi connectivity index (χ3n) is 4.33. The molecule has 2 aromatic carbocycles. The molecule has 0 aliphatic carbocycles. The molecule has 0 unspecified atom stereocenters. The van der Waals surface area contributed by atoms with Crippen LogP contribution in [0.25, 0.3) is 0 Å². The van der Waals surface area contributed by atoms with Gasteiger partial charge < -0.3 is 20.1 Å². The molecule has 6 nitrogen and oxygen atoms in total. The van der Waals surface area contributed by atoms with Gasteiger partial charge in [-0.1, -0.05) is 29.8 Å². The maximum atomic E-state index is 12.3. The van der Waals surface area contributed by atoms with Crippen LogP contribution in [0.5, 0.6) is 11.5 Å². The molecule has 0 saturated carbocycles. The number of amides is 1. The number of anilines is 1. The molecule has 6 heteroatoms. The van der Waals surface area contributed by atoms with Crippen LogP contribution in [-0.2, 0) is 6.54 Å². The summed E-state index contributed by atoms with van der Waals surface area (Å²) in [5.41, 5.74) is 3.62. The van der Waals surface area contributed by atoms with Crippen LogP contribution in [-0.4, -0.2) is 31.2 Å². The third kappa shape index (κ3) is 6.24. The second-order valence-electron chi connectivity index (χ2n) is 6.55. The van der Waals surface area contributed by atoms with Crippen LogP contribution in [0.1, 0.15) is 21.6 Å². The molecule has 0 aliphatic heterocycles. The number of methoxy groups -OCH3 is 1. The van der Waals surface area contributed by atoms with Crippen molar-refractivity contribution < 1.29 is 14.3 Å². The van der Waals surface area contributed by atoms with E-state index in [4.69, 9.17) is 9.47 Å². The van der Waals surface area contributed by atoms with E-state index in [1.165, 1.54) is 11.1 Å². The van der Waals surface area contributed by atoms with E-state index in [0.29, 0.717) is 25.4 Å². The summed E-state index contributed by atoms with van der Waals surface area (Å²) in [4.78, 5) is 16.5. The van der Waals surface area contributed by atoms with Crippen molar-refractivity contribution in [2.75, 3.05) is 25.6 Å². The molecule has 0 radical (unpaired) electrons. The van der Waals surface area contributed by atoms with Crippen molar-refractivity contribution in [1.82, 2.24) is 10.3 Å². The second kappa shape index (κ2) is 10.1. The summed E-state index contributed by atoms with van der Waals surface area (Å²) in [7, 11) is 1.62. The van der Waals surface area contributed by atoms with Crippen molar-refractivity contribution in [2.24, 2.45) is 0 Å². The van der Waals surface area contributed by atoms with Crippen LogP contribution in [0.15, 0.2) is 66.9 Å². The molecule has 3 aromatic rings. The molecule has 1 heterocycles. The Kier molecular flexibility index (Phi) is 7.05. The van der Waals surface area contributed by atoms with Crippen LogP contribution in [0.3, 0.4) is 0 Å². The third-order valence-corrected chi connectivity index (χ3v) is 4.33. The number of benzene rings is 2. The molecule has 29 heavy (non-hydrogen) atoms. The Morgan fingerprint density at radius 3 is 2.45 bits per heavy atom. The minimum atomic E-state index is -0.234. The van der Waals surface area contributed by atoms with Crippen molar-refractivity contribution in [1.29, 1.82) is 0 Å². The van der Waals surface area contributed by atoms with E-state index in [9.17, 15) is 4.79 Å². The van der Waals surface area contributed by atoms with Gasteiger partial charge in [-0.05, 0) is 48.9 Å². The SMILES string of the molecule is COc1ccc(OCCNC(=O)c2cc(NCc3ccc(C)cc3)ccn2)cc1. The van der Waals surface area contributed by atoms with Gasteiger partial charge in [-0.3, -0.25) is 9.78 Å². The summed E-state index contributed by atoms with van der Waals surface area (Å²) in [5, 5.41) is 6.14. The molecule has 2 N–H and O–H groups in total. The van der Waals surface area contributed by atoms with Crippen molar-refractivity contribution in [3.05, 3.63) is 83.7 Å². The Balaban J connectivity index is 1.45. The van der Waals surface area contributed by atoms with Crippen molar-refractivity contribution in [3.8, 4) is 11.5 Å². The quantitative estimate of drug-likeness (QED) is 0.543. The average Bonchev–Trinajstić information content (AvgIpc) is 2.77. The largest absolute Gasteiger partial charge is 0.497 e. The first-order chi connectivity index (χ1) is 14.1. The molecule has 0 bridgehead atoms. The Morgan fingerprint density at radius 1 is 1.00 bits per heavy atom. The van der Waals surface area contributed by atoms with Crippen LogP contribution in [0.2, 0.25) is 0 Å². The lowest BCUT2D eigenvalue weighted by Crippen LogP contribution is -2.28. The first-order valence-electron chi connectivity index (χ1n) is 9.44. The number of aromatic nitrogens is 1. The van der Waals surface area contributed by atoms with Gasteiger partial charge in [-0.2, -0.15) is 0 Å². The molecule has 150 valence electrons. The number of carbonyl (C=O) groups is 1. The molecule has 0 fully saturated rings. The molecule has 0 atom stereocenters. The molecule has 0 spiro atoms. The van der Waals surface area contributed by atoms with Crippen LogP contribution in [0, 0.1) is 6.92 Å². The van der Waals surface area contributed by atoms with Crippen LogP contribution in [0.4, 0.5) is 5.69 Å². The lowest BCUT2D eigenvalue weighted by atomic mass is 10.1. The molecule has 3 rings (SSSR count). The van der Waals surface area contributed by atoms with E-state index in [1.807, 2.05) is 30.3 Å². The maximum absolute atomic E-state index is 12.3. The highest BCUT2D eigenvalue weighted by molar-refractivity contribution is 5.93. The minimum absolute atomic E-state index is 0.234. The minimum Gasteiger partial charge on any atom is -0.497 e. The summed E-state index contributed by atoms with van der Waals surface area (Å²) in [6.45, 7) is 3.49. The standard InChI is InChI=1S/C23H25N3O3/c1-17-3-5-18(6-4-17)16-26-19-11-12-24-22(15-19)23(27)25-13-14-29-21-9-7-20(28-2)8-10-21/h3-12,15H,13-14,16H2,1-2H3,(H,24,26)(H,25,27). The van der Waals surface area contributed by atoms with Crippen molar-refractivity contribution in [3.63, 3.8) is 0 Å². The molecule has 0 aliphatic rings. The Morgan fingerprint density at radius 2 is 1.72 bits per heavy atom. The second-order valence-corrected chi connectivity index (χ2v) is 6.55. The maximum Gasteiger partial charge on any atom is 0.270 e. The van der Waals surface area contributed by atoms with Gasteiger partial charge in [0, 0.05) is 18.4 Å². The summed E-state index contributed by atoms with van der Waals surface area (Å²) in [6.07, 6.45) is 1.63. The van der Waals surface area contributed by atoms with Gasteiger partial charge in [-0.15, -0.1) is 0 Å². The first-order valence-corrected chi connectivity index (χ1v) is 9.44. The van der Waals surface area contributed by atoms with Gasteiger partial charge in [-0.25, -0.2) is 0 Å². The summed E-state index contributed by atoms with van der Waals surface area (Å²) >= 11 is 0. The fourth-order valence-corrected chi connectivity index (χ4v) is 2.67.